The Kier molecular flexibility index (Phi) is 4.77. The summed E-state index contributed by atoms with van der Waals surface area (Å²) in [5, 5.41) is 31.6. The van der Waals surface area contributed by atoms with Gasteiger partial charge in [0.05, 0.1) is 17.7 Å². The van der Waals surface area contributed by atoms with Gasteiger partial charge in [-0.05, 0) is 26.0 Å². The normalized spacial score (nSPS) is 13.7. The van der Waals surface area contributed by atoms with Gasteiger partial charge in [-0.2, -0.15) is 0 Å². The van der Waals surface area contributed by atoms with Crippen molar-refractivity contribution in [2.24, 2.45) is 0 Å². The molecule has 4 N–H and O–H groups in total. The number of hydrogen-bond donors (Lipinski definition) is 4. The molecule has 1 rings (SSSR count). The van der Waals surface area contributed by atoms with Crippen LogP contribution in [0.15, 0.2) is 18.2 Å². The van der Waals surface area contributed by atoms with E-state index in [-0.39, 0.29) is 18.9 Å². The third kappa shape index (κ3) is 4.16. The average Bonchev–Trinajstić information content (AvgIpc) is 2.26. The standard InChI is InChI=1S/C12H18ClNO3/c1-12(2,7-15)14-6-11(17)9-4-3-8(16)5-10(9)13/h3-5,11,14-17H,6-7H2,1-2H3. The Morgan fingerprint density at radius 2 is 2.06 bits per heavy atom. The summed E-state index contributed by atoms with van der Waals surface area (Å²) in [6.07, 6.45) is -0.783. The van der Waals surface area contributed by atoms with Crippen LogP contribution in [0.1, 0.15) is 25.5 Å². The fourth-order valence-electron chi connectivity index (χ4n) is 1.33. The van der Waals surface area contributed by atoms with E-state index in [1.54, 1.807) is 6.07 Å². The number of hydrogen-bond acceptors (Lipinski definition) is 4. The summed E-state index contributed by atoms with van der Waals surface area (Å²) in [6, 6.07) is 4.44. The molecule has 1 aromatic rings. The van der Waals surface area contributed by atoms with Gasteiger partial charge in [-0.25, -0.2) is 0 Å². The van der Waals surface area contributed by atoms with Gasteiger partial charge in [-0.1, -0.05) is 17.7 Å². The SMILES string of the molecule is CC(C)(CO)NCC(O)c1ccc(O)cc1Cl. The van der Waals surface area contributed by atoms with Gasteiger partial charge in [0, 0.05) is 17.6 Å². The first-order valence-electron chi connectivity index (χ1n) is 5.38. The van der Waals surface area contributed by atoms with Crippen LogP contribution in [0.25, 0.3) is 0 Å². The predicted molar refractivity (Wildman–Crippen MR) is 67.2 cm³/mol. The molecule has 0 heterocycles. The van der Waals surface area contributed by atoms with Gasteiger partial charge in [-0.3, -0.25) is 0 Å². The number of aliphatic hydroxyl groups is 2. The lowest BCUT2D eigenvalue weighted by atomic mass is 10.0. The minimum Gasteiger partial charge on any atom is -0.508 e. The number of rotatable bonds is 5. The highest BCUT2D eigenvalue weighted by molar-refractivity contribution is 6.31. The number of benzene rings is 1. The molecule has 96 valence electrons. The third-order valence-corrected chi connectivity index (χ3v) is 2.84. The monoisotopic (exact) mass is 259 g/mol. The van der Waals surface area contributed by atoms with Crippen LogP contribution in [-0.4, -0.2) is 34.0 Å². The Hall–Kier alpha value is -0.810. The molecule has 1 unspecified atom stereocenters. The number of aromatic hydroxyl groups is 1. The van der Waals surface area contributed by atoms with Crippen LogP contribution in [0, 0.1) is 0 Å². The Bertz CT molecular complexity index is 382. The van der Waals surface area contributed by atoms with E-state index in [2.05, 4.69) is 5.32 Å². The van der Waals surface area contributed by atoms with Crippen molar-refractivity contribution in [3.63, 3.8) is 0 Å². The van der Waals surface area contributed by atoms with Crippen molar-refractivity contribution in [1.29, 1.82) is 0 Å². The molecule has 5 heteroatoms. The second-order valence-electron chi connectivity index (χ2n) is 4.64. The van der Waals surface area contributed by atoms with E-state index in [0.717, 1.165) is 0 Å². The lowest BCUT2D eigenvalue weighted by Gasteiger charge is -2.25. The van der Waals surface area contributed by atoms with E-state index >= 15 is 0 Å². The van der Waals surface area contributed by atoms with Gasteiger partial charge in [0.1, 0.15) is 5.75 Å². The van der Waals surface area contributed by atoms with Gasteiger partial charge in [0.25, 0.3) is 0 Å². The minimum atomic E-state index is -0.783. The maximum absolute atomic E-state index is 9.94. The Morgan fingerprint density at radius 3 is 2.59 bits per heavy atom. The fourth-order valence-corrected chi connectivity index (χ4v) is 1.63. The van der Waals surface area contributed by atoms with Crippen LogP contribution < -0.4 is 5.32 Å². The highest BCUT2D eigenvalue weighted by Gasteiger charge is 2.19. The molecule has 0 aliphatic rings. The average molecular weight is 260 g/mol. The molecule has 0 spiro atoms. The van der Waals surface area contributed by atoms with E-state index in [0.29, 0.717) is 10.6 Å². The van der Waals surface area contributed by atoms with E-state index in [9.17, 15) is 10.2 Å². The molecule has 0 saturated carbocycles. The first-order valence-corrected chi connectivity index (χ1v) is 5.76. The summed E-state index contributed by atoms with van der Waals surface area (Å²) < 4.78 is 0. The quantitative estimate of drug-likeness (QED) is 0.646. The Labute approximate surface area is 106 Å². The van der Waals surface area contributed by atoms with Gasteiger partial charge < -0.3 is 20.6 Å². The summed E-state index contributed by atoms with van der Waals surface area (Å²) in [4.78, 5) is 0. The maximum atomic E-state index is 9.94. The largest absolute Gasteiger partial charge is 0.508 e. The molecule has 0 bridgehead atoms. The maximum Gasteiger partial charge on any atom is 0.117 e. The molecule has 1 atom stereocenters. The van der Waals surface area contributed by atoms with Crippen LogP contribution in [0.4, 0.5) is 0 Å². The zero-order chi connectivity index (χ0) is 13.1. The van der Waals surface area contributed by atoms with Gasteiger partial charge in [0.2, 0.25) is 0 Å². The van der Waals surface area contributed by atoms with Crippen molar-refractivity contribution in [2.45, 2.75) is 25.5 Å². The fraction of sp³-hybridized carbons (Fsp3) is 0.500. The van der Waals surface area contributed by atoms with Gasteiger partial charge in [0.15, 0.2) is 0 Å². The number of nitrogens with one attached hydrogen (secondary N) is 1. The molecule has 0 saturated heterocycles. The van der Waals surface area contributed by atoms with Crippen molar-refractivity contribution < 1.29 is 15.3 Å². The van der Waals surface area contributed by atoms with Crippen LogP contribution in [0.2, 0.25) is 5.02 Å². The molecule has 1 aromatic carbocycles. The van der Waals surface area contributed by atoms with Crippen molar-refractivity contribution in [3.05, 3.63) is 28.8 Å². The highest BCUT2D eigenvalue weighted by atomic mass is 35.5. The molecular weight excluding hydrogens is 242 g/mol. The van der Waals surface area contributed by atoms with E-state index < -0.39 is 11.6 Å². The van der Waals surface area contributed by atoms with Crippen molar-refractivity contribution in [2.75, 3.05) is 13.2 Å². The number of phenols is 1. The molecule has 0 aliphatic carbocycles. The van der Waals surface area contributed by atoms with Gasteiger partial charge >= 0.3 is 0 Å². The van der Waals surface area contributed by atoms with E-state index in [4.69, 9.17) is 16.7 Å². The highest BCUT2D eigenvalue weighted by Crippen LogP contribution is 2.26. The van der Waals surface area contributed by atoms with Crippen molar-refractivity contribution in [1.82, 2.24) is 5.32 Å². The lowest BCUT2D eigenvalue weighted by Crippen LogP contribution is -2.44. The van der Waals surface area contributed by atoms with Crippen LogP contribution in [0.5, 0.6) is 5.75 Å². The van der Waals surface area contributed by atoms with Crippen LogP contribution in [-0.2, 0) is 0 Å². The smallest absolute Gasteiger partial charge is 0.117 e. The zero-order valence-corrected chi connectivity index (χ0v) is 10.7. The third-order valence-electron chi connectivity index (χ3n) is 2.51. The number of β-amino-alcohol motifs (C(OH)–C–C–N with tert-alkyl or cyclic N) is 1. The van der Waals surface area contributed by atoms with Crippen molar-refractivity contribution in [3.8, 4) is 5.75 Å². The van der Waals surface area contributed by atoms with E-state index in [1.165, 1.54) is 12.1 Å². The number of halogens is 1. The number of phenolic OH excluding ortho intramolecular Hbond substituents is 1. The molecule has 17 heavy (non-hydrogen) atoms. The molecule has 0 fully saturated rings. The number of aliphatic hydroxyl groups excluding tert-OH is 2. The second kappa shape index (κ2) is 5.69. The molecule has 0 aliphatic heterocycles. The van der Waals surface area contributed by atoms with Crippen LogP contribution >= 0.6 is 11.6 Å². The minimum absolute atomic E-state index is 0.0248. The zero-order valence-electron chi connectivity index (χ0n) is 9.94. The summed E-state index contributed by atoms with van der Waals surface area (Å²) in [5.41, 5.74) is 0.0930. The summed E-state index contributed by atoms with van der Waals surface area (Å²) in [6.45, 7) is 3.91. The Morgan fingerprint density at radius 1 is 1.41 bits per heavy atom. The van der Waals surface area contributed by atoms with E-state index in [1.807, 2.05) is 13.8 Å². The first-order chi connectivity index (χ1) is 7.85. The van der Waals surface area contributed by atoms with Crippen LogP contribution in [0.3, 0.4) is 0 Å². The molecule has 0 amide bonds. The topological polar surface area (TPSA) is 72.7 Å². The molecule has 4 nitrogen and oxygen atoms in total. The Balaban J connectivity index is 2.67. The second-order valence-corrected chi connectivity index (χ2v) is 5.05. The summed E-state index contributed by atoms with van der Waals surface area (Å²) >= 11 is 5.91. The van der Waals surface area contributed by atoms with Crippen molar-refractivity contribution >= 4 is 11.6 Å². The predicted octanol–water partition coefficient (Wildman–Crippen LogP) is 1.44. The first kappa shape index (κ1) is 14.3. The molecule has 0 radical (unpaired) electrons. The summed E-state index contributed by atoms with van der Waals surface area (Å²) in [5.74, 6) is 0.0644. The molecule has 0 aromatic heterocycles. The molecular formula is C12H18ClNO3. The summed E-state index contributed by atoms with van der Waals surface area (Å²) in [7, 11) is 0. The van der Waals surface area contributed by atoms with Gasteiger partial charge in [-0.15, -0.1) is 0 Å². The lowest BCUT2D eigenvalue weighted by molar-refractivity contribution is 0.136.